The molecule has 0 saturated heterocycles. The van der Waals surface area contributed by atoms with Crippen molar-refractivity contribution < 1.29 is 0 Å². The summed E-state index contributed by atoms with van der Waals surface area (Å²) in [5.41, 5.74) is 2.48. The van der Waals surface area contributed by atoms with Crippen LogP contribution in [-0.4, -0.2) is 11.6 Å². The first-order valence-electron chi connectivity index (χ1n) is 5.41. The molecule has 1 N–H and O–H groups in total. The van der Waals surface area contributed by atoms with E-state index in [0.717, 1.165) is 0 Å². The van der Waals surface area contributed by atoms with Crippen molar-refractivity contribution >= 4 is 26.8 Å². The number of para-hydroxylation sites is 1. The number of fused-ring (bicyclic) bond motifs is 1. The van der Waals surface area contributed by atoms with Crippen molar-refractivity contribution in [3.8, 4) is 0 Å². The van der Waals surface area contributed by atoms with Crippen LogP contribution in [0, 0.1) is 0 Å². The molecule has 0 aliphatic carbocycles. The smallest absolute Gasteiger partial charge is 0.0540 e. The molecule has 1 aromatic carbocycles. The second-order valence-corrected chi connectivity index (χ2v) is 5.41. The Hall–Kier alpha value is -0.800. The van der Waals surface area contributed by atoms with Gasteiger partial charge in [-0.05, 0) is 42.9 Å². The minimum atomic E-state index is -0.0490. The van der Waals surface area contributed by atoms with E-state index >= 15 is 0 Å². The quantitative estimate of drug-likeness (QED) is 0.892. The largest absolute Gasteiger partial charge is 0.345 e. The Bertz CT molecular complexity index is 487. The molecule has 0 amide bonds. The Morgan fingerprint density at radius 3 is 2.44 bits per heavy atom. The molecule has 0 atom stereocenters. The molecule has 0 unspecified atom stereocenters. The summed E-state index contributed by atoms with van der Waals surface area (Å²) >= 11 is 3.72. The van der Waals surface area contributed by atoms with Gasteiger partial charge in [0.05, 0.1) is 11.2 Å². The molecule has 0 fully saturated rings. The number of hydrogen-bond donors (Lipinski definition) is 1. The molecule has 1 heterocycles. The topological polar surface area (TPSA) is 17.0 Å². The first-order valence-corrected chi connectivity index (χ1v) is 6.20. The van der Waals surface area contributed by atoms with Gasteiger partial charge in [-0.25, -0.2) is 0 Å². The van der Waals surface area contributed by atoms with Crippen LogP contribution < -0.4 is 5.32 Å². The molecular weight excluding hydrogens is 264 g/mol. The molecule has 2 rings (SSSR count). The molecule has 0 saturated carbocycles. The lowest BCUT2D eigenvalue weighted by molar-refractivity contribution is 0.418. The average molecular weight is 281 g/mol. The van der Waals surface area contributed by atoms with E-state index in [1.54, 1.807) is 0 Å². The molecule has 0 radical (unpaired) electrons. The maximum Gasteiger partial charge on any atom is 0.0540 e. The Kier molecular flexibility index (Phi) is 2.84. The summed E-state index contributed by atoms with van der Waals surface area (Å²) in [6.07, 6.45) is 0. The number of benzene rings is 1. The van der Waals surface area contributed by atoms with Crippen molar-refractivity contribution in [1.82, 2.24) is 9.88 Å². The van der Waals surface area contributed by atoms with Crippen molar-refractivity contribution in [2.45, 2.75) is 19.4 Å². The van der Waals surface area contributed by atoms with Gasteiger partial charge in [0.2, 0.25) is 0 Å². The fourth-order valence-corrected chi connectivity index (χ4v) is 3.26. The number of nitrogens with zero attached hydrogens (tertiary/aromatic N) is 1. The highest BCUT2D eigenvalue weighted by atomic mass is 79.9. The van der Waals surface area contributed by atoms with Crippen LogP contribution in [0.4, 0.5) is 0 Å². The fraction of sp³-hybridized carbons (Fsp3) is 0.385. The second-order valence-electron chi connectivity index (χ2n) is 4.61. The standard InChI is InChI=1S/C13H17BrN2/c1-13(2,15-3)12-11(14)9-7-5-6-8-10(9)16(12)4/h5-8,15H,1-4H3. The molecule has 16 heavy (non-hydrogen) atoms. The summed E-state index contributed by atoms with van der Waals surface area (Å²) in [5.74, 6) is 0. The zero-order valence-electron chi connectivity index (χ0n) is 10.1. The highest BCUT2D eigenvalue weighted by Crippen LogP contribution is 2.36. The number of hydrogen-bond acceptors (Lipinski definition) is 1. The number of aryl methyl sites for hydroxylation is 1. The Balaban J connectivity index is 2.81. The van der Waals surface area contributed by atoms with E-state index in [9.17, 15) is 0 Å². The predicted octanol–water partition coefficient (Wildman–Crippen LogP) is 3.40. The zero-order valence-corrected chi connectivity index (χ0v) is 11.7. The summed E-state index contributed by atoms with van der Waals surface area (Å²) < 4.78 is 3.43. The van der Waals surface area contributed by atoms with Gasteiger partial charge in [0.15, 0.2) is 0 Å². The van der Waals surface area contributed by atoms with Gasteiger partial charge in [-0.3, -0.25) is 0 Å². The second kappa shape index (κ2) is 3.90. The van der Waals surface area contributed by atoms with E-state index < -0.39 is 0 Å². The molecular formula is C13H17BrN2. The fourth-order valence-electron chi connectivity index (χ4n) is 2.16. The van der Waals surface area contributed by atoms with E-state index in [-0.39, 0.29) is 5.54 Å². The van der Waals surface area contributed by atoms with Crippen molar-refractivity contribution in [1.29, 1.82) is 0 Å². The van der Waals surface area contributed by atoms with Crippen LogP contribution in [0.5, 0.6) is 0 Å². The van der Waals surface area contributed by atoms with Gasteiger partial charge < -0.3 is 9.88 Å². The lowest BCUT2D eigenvalue weighted by Crippen LogP contribution is -2.35. The van der Waals surface area contributed by atoms with E-state index in [2.05, 4.69) is 71.0 Å². The van der Waals surface area contributed by atoms with Crippen molar-refractivity contribution in [2.24, 2.45) is 7.05 Å². The van der Waals surface area contributed by atoms with Crippen LogP contribution in [0.25, 0.3) is 10.9 Å². The van der Waals surface area contributed by atoms with E-state index in [0.29, 0.717) is 0 Å². The molecule has 86 valence electrons. The van der Waals surface area contributed by atoms with Crippen LogP contribution >= 0.6 is 15.9 Å². The van der Waals surface area contributed by atoms with Gasteiger partial charge in [-0.15, -0.1) is 0 Å². The Labute approximate surface area is 105 Å². The maximum absolute atomic E-state index is 3.72. The molecule has 2 aromatic rings. The van der Waals surface area contributed by atoms with Crippen molar-refractivity contribution in [3.63, 3.8) is 0 Å². The first kappa shape index (κ1) is 11.7. The van der Waals surface area contributed by atoms with Gasteiger partial charge in [0, 0.05) is 22.4 Å². The number of rotatable bonds is 2. The molecule has 2 nitrogen and oxygen atoms in total. The monoisotopic (exact) mass is 280 g/mol. The maximum atomic E-state index is 3.72. The summed E-state index contributed by atoms with van der Waals surface area (Å²) in [4.78, 5) is 0. The SMILES string of the molecule is CNC(C)(C)c1c(Br)c2ccccc2n1C. The lowest BCUT2D eigenvalue weighted by atomic mass is 10.0. The van der Waals surface area contributed by atoms with Gasteiger partial charge in [-0.1, -0.05) is 18.2 Å². The Morgan fingerprint density at radius 2 is 1.88 bits per heavy atom. The van der Waals surface area contributed by atoms with Gasteiger partial charge in [0.1, 0.15) is 0 Å². The van der Waals surface area contributed by atoms with Gasteiger partial charge in [-0.2, -0.15) is 0 Å². The normalized spacial score (nSPS) is 12.3. The van der Waals surface area contributed by atoms with Crippen LogP contribution in [0.1, 0.15) is 19.5 Å². The summed E-state index contributed by atoms with van der Waals surface area (Å²) in [5, 5.41) is 4.62. The minimum Gasteiger partial charge on any atom is -0.345 e. The minimum absolute atomic E-state index is 0.0490. The van der Waals surface area contributed by atoms with Crippen molar-refractivity contribution in [3.05, 3.63) is 34.4 Å². The third-order valence-electron chi connectivity index (χ3n) is 3.26. The number of aromatic nitrogens is 1. The predicted molar refractivity (Wildman–Crippen MR) is 72.7 cm³/mol. The number of nitrogens with one attached hydrogen (secondary N) is 1. The Morgan fingerprint density at radius 1 is 1.25 bits per heavy atom. The first-order chi connectivity index (χ1) is 7.49. The number of halogens is 1. The molecule has 0 bridgehead atoms. The van der Waals surface area contributed by atoms with Gasteiger partial charge in [0.25, 0.3) is 0 Å². The highest BCUT2D eigenvalue weighted by Gasteiger charge is 2.26. The zero-order chi connectivity index (χ0) is 11.9. The summed E-state index contributed by atoms with van der Waals surface area (Å²) in [6.45, 7) is 4.37. The highest BCUT2D eigenvalue weighted by molar-refractivity contribution is 9.10. The third-order valence-corrected chi connectivity index (χ3v) is 4.06. The van der Waals surface area contributed by atoms with E-state index in [4.69, 9.17) is 0 Å². The van der Waals surface area contributed by atoms with Gasteiger partial charge >= 0.3 is 0 Å². The van der Waals surface area contributed by atoms with Crippen LogP contribution in [0.2, 0.25) is 0 Å². The molecule has 0 aliphatic heterocycles. The average Bonchev–Trinajstić information content (AvgIpc) is 2.53. The summed E-state index contributed by atoms with van der Waals surface area (Å²) in [6, 6.07) is 8.44. The van der Waals surface area contributed by atoms with Crippen LogP contribution in [-0.2, 0) is 12.6 Å². The van der Waals surface area contributed by atoms with Crippen LogP contribution in [0.15, 0.2) is 28.7 Å². The molecule has 3 heteroatoms. The lowest BCUT2D eigenvalue weighted by Gasteiger charge is -2.26. The summed E-state index contributed by atoms with van der Waals surface area (Å²) in [7, 11) is 4.10. The van der Waals surface area contributed by atoms with E-state index in [1.165, 1.54) is 21.1 Å². The van der Waals surface area contributed by atoms with E-state index in [1.807, 2.05) is 7.05 Å². The molecule has 1 aromatic heterocycles. The van der Waals surface area contributed by atoms with Crippen molar-refractivity contribution in [2.75, 3.05) is 7.05 Å². The van der Waals surface area contributed by atoms with Crippen LogP contribution in [0.3, 0.4) is 0 Å². The molecule has 0 aliphatic rings. The third kappa shape index (κ3) is 1.59. The molecule has 0 spiro atoms.